The van der Waals surface area contributed by atoms with Crippen LogP contribution >= 0.6 is 0 Å². The Balaban J connectivity index is 2.31. The van der Waals surface area contributed by atoms with Gasteiger partial charge in [-0.1, -0.05) is 0 Å². The van der Waals surface area contributed by atoms with Crippen molar-refractivity contribution in [1.82, 2.24) is 4.90 Å². The standard InChI is InChI=1S/C10H14N2O/c1-7-9-6-11-5-8(9)3-4-12(2)10(7)13/h5,7H,3-4,6H2,1-2H3. The summed E-state index contributed by atoms with van der Waals surface area (Å²) in [7, 11) is 1.87. The zero-order chi connectivity index (χ0) is 9.42. The summed E-state index contributed by atoms with van der Waals surface area (Å²) in [5.41, 5.74) is 2.51. The molecule has 0 aromatic carbocycles. The van der Waals surface area contributed by atoms with E-state index in [-0.39, 0.29) is 11.8 Å². The molecule has 2 aliphatic heterocycles. The third kappa shape index (κ3) is 1.28. The van der Waals surface area contributed by atoms with Crippen molar-refractivity contribution in [2.45, 2.75) is 13.3 Å². The maximum atomic E-state index is 11.7. The number of aliphatic imine (C=N–C) groups is 1. The molecule has 3 heteroatoms. The molecular weight excluding hydrogens is 164 g/mol. The minimum Gasteiger partial charge on any atom is -0.345 e. The van der Waals surface area contributed by atoms with Gasteiger partial charge in [0.15, 0.2) is 0 Å². The van der Waals surface area contributed by atoms with Crippen LogP contribution in [-0.2, 0) is 4.79 Å². The lowest BCUT2D eigenvalue weighted by atomic mass is 9.97. The zero-order valence-corrected chi connectivity index (χ0v) is 8.08. The molecule has 0 aliphatic carbocycles. The molecule has 1 amide bonds. The molecule has 13 heavy (non-hydrogen) atoms. The fraction of sp³-hybridized carbons (Fsp3) is 0.600. The van der Waals surface area contributed by atoms with Crippen LogP contribution in [0.5, 0.6) is 0 Å². The molecule has 0 spiro atoms. The second-order valence-corrected chi connectivity index (χ2v) is 3.75. The summed E-state index contributed by atoms with van der Waals surface area (Å²) >= 11 is 0. The molecular formula is C10H14N2O. The molecule has 0 N–H and O–H groups in total. The van der Waals surface area contributed by atoms with Gasteiger partial charge in [0, 0.05) is 19.8 Å². The molecule has 0 radical (unpaired) electrons. The second-order valence-electron chi connectivity index (χ2n) is 3.75. The number of carbonyl (C=O) groups excluding carboxylic acids is 1. The van der Waals surface area contributed by atoms with Crippen molar-refractivity contribution in [1.29, 1.82) is 0 Å². The number of nitrogens with zero attached hydrogens (tertiary/aromatic N) is 2. The fourth-order valence-corrected chi connectivity index (χ4v) is 1.96. The third-order valence-corrected chi connectivity index (χ3v) is 2.91. The van der Waals surface area contributed by atoms with Crippen LogP contribution in [0.4, 0.5) is 0 Å². The Bertz CT molecular complexity index is 304. The summed E-state index contributed by atoms with van der Waals surface area (Å²) in [5.74, 6) is 0.264. The number of hydrogen-bond donors (Lipinski definition) is 0. The summed E-state index contributed by atoms with van der Waals surface area (Å²) in [6, 6.07) is 0. The highest BCUT2D eigenvalue weighted by molar-refractivity contribution is 5.89. The van der Waals surface area contributed by atoms with Crippen LogP contribution in [0.15, 0.2) is 16.1 Å². The molecule has 3 nitrogen and oxygen atoms in total. The van der Waals surface area contributed by atoms with E-state index in [1.807, 2.05) is 25.1 Å². The Morgan fingerprint density at radius 2 is 2.38 bits per heavy atom. The smallest absolute Gasteiger partial charge is 0.229 e. The summed E-state index contributed by atoms with van der Waals surface area (Å²) in [5, 5.41) is 0. The van der Waals surface area contributed by atoms with Gasteiger partial charge in [-0.15, -0.1) is 0 Å². The Hall–Kier alpha value is -1.12. The summed E-state index contributed by atoms with van der Waals surface area (Å²) in [6.45, 7) is 3.54. The zero-order valence-electron chi connectivity index (χ0n) is 8.08. The van der Waals surface area contributed by atoms with Crippen LogP contribution in [0, 0.1) is 5.92 Å². The van der Waals surface area contributed by atoms with E-state index in [9.17, 15) is 4.79 Å². The molecule has 1 unspecified atom stereocenters. The van der Waals surface area contributed by atoms with Crippen LogP contribution in [-0.4, -0.2) is 37.2 Å². The minimum atomic E-state index is 0.0324. The van der Waals surface area contributed by atoms with Crippen molar-refractivity contribution in [2.24, 2.45) is 10.9 Å². The molecule has 0 saturated carbocycles. The summed E-state index contributed by atoms with van der Waals surface area (Å²) in [4.78, 5) is 17.7. The molecule has 0 fully saturated rings. The first-order valence-corrected chi connectivity index (χ1v) is 4.67. The Kier molecular flexibility index (Phi) is 1.94. The van der Waals surface area contributed by atoms with Crippen LogP contribution in [0.2, 0.25) is 0 Å². The molecule has 2 aliphatic rings. The predicted molar refractivity (Wildman–Crippen MR) is 51.8 cm³/mol. The maximum Gasteiger partial charge on any atom is 0.229 e. The SMILES string of the molecule is CC1C(=O)N(C)CCC2=C1CN=C2. The van der Waals surface area contributed by atoms with E-state index in [1.54, 1.807) is 0 Å². The lowest BCUT2D eigenvalue weighted by molar-refractivity contribution is -0.132. The third-order valence-electron chi connectivity index (χ3n) is 2.91. The Morgan fingerprint density at radius 3 is 3.15 bits per heavy atom. The van der Waals surface area contributed by atoms with E-state index in [0.29, 0.717) is 0 Å². The van der Waals surface area contributed by atoms with Gasteiger partial charge in [-0.3, -0.25) is 9.79 Å². The molecule has 0 aromatic heterocycles. The van der Waals surface area contributed by atoms with Gasteiger partial charge in [-0.2, -0.15) is 0 Å². The molecule has 70 valence electrons. The first-order valence-electron chi connectivity index (χ1n) is 4.67. The molecule has 2 rings (SSSR count). The highest BCUT2D eigenvalue weighted by Gasteiger charge is 2.28. The predicted octanol–water partition coefficient (Wildman–Crippen LogP) is 0.866. The summed E-state index contributed by atoms with van der Waals surface area (Å²) in [6.07, 6.45) is 2.89. The van der Waals surface area contributed by atoms with E-state index in [1.165, 1.54) is 11.1 Å². The monoisotopic (exact) mass is 178 g/mol. The quantitative estimate of drug-likeness (QED) is 0.541. The highest BCUT2D eigenvalue weighted by atomic mass is 16.2. The Labute approximate surface area is 78.1 Å². The topological polar surface area (TPSA) is 32.7 Å². The van der Waals surface area contributed by atoms with Crippen molar-refractivity contribution in [3.63, 3.8) is 0 Å². The van der Waals surface area contributed by atoms with Crippen molar-refractivity contribution < 1.29 is 4.79 Å². The van der Waals surface area contributed by atoms with Crippen LogP contribution in [0.25, 0.3) is 0 Å². The molecule has 0 aromatic rings. The molecule has 1 atom stereocenters. The van der Waals surface area contributed by atoms with E-state index in [2.05, 4.69) is 4.99 Å². The number of carbonyl (C=O) groups is 1. The molecule has 0 saturated heterocycles. The highest BCUT2D eigenvalue weighted by Crippen LogP contribution is 2.26. The number of hydrogen-bond acceptors (Lipinski definition) is 2. The normalized spacial score (nSPS) is 28.0. The average Bonchev–Trinajstić information content (AvgIpc) is 2.56. The van der Waals surface area contributed by atoms with Crippen LogP contribution in [0.3, 0.4) is 0 Å². The maximum absolute atomic E-state index is 11.7. The molecule has 2 heterocycles. The van der Waals surface area contributed by atoms with E-state index < -0.39 is 0 Å². The average molecular weight is 178 g/mol. The van der Waals surface area contributed by atoms with Crippen molar-refractivity contribution >= 4 is 12.1 Å². The minimum absolute atomic E-state index is 0.0324. The van der Waals surface area contributed by atoms with Gasteiger partial charge in [0.05, 0.1) is 12.5 Å². The van der Waals surface area contributed by atoms with Gasteiger partial charge in [0.25, 0.3) is 0 Å². The first kappa shape index (κ1) is 8.48. The van der Waals surface area contributed by atoms with Gasteiger partial charge in [-0.05, 0) is 24.5 Å². The number of amides is 1. The number of rotatable bonds is 0. The lowest BCUT2D eigenvalue weighted by Gasteiger charge is -2.18. The van der Waals surface area contributed by atoms with Gasteiger partial charge >= 0.3 is 0 Å². The van der Waals surface area contributed by atoms with Gasteiger partial charge in [0.2, 0.25) is 5.91 Å². The van der Waals surface area contributed by atoms with Crippen LogP contribution in [0.1, 0.15) is 13.3 Å². The van der Waals surface area contributed by atoms with Gasteiger partial charge in [-0.25, -0.2) is 0 Å². The van der Waals surface area contributed by atoms with E-state index in [0.717, 1.165) is 19.5 Å². The Morgan fingerprint density at radius 1 is 1.62 bits per heavy atom. The molecule has 0 bridgehead atoms. The second kappa shape index (κ2) is 2.98. The van der Waals surface area contributed by atoms with Crippen LogP contribution < -0.4 is 0 Å². The van der Waals surface area contributed by atoms with E-state index in [4.69, 9.17) is 0 Å². The van der Waals surface area contributed by atoms with Gasteiger partial charge < -0.3 is 4.90 Å². The fourth-order valence-electron chi connectivity index (χ4n) is 1.96. The van der Waals surface area contributed by atoms with E-state index >= 15 is 0 Å². The van der Waals surface area contributed by atoms with Crippen molar-refractivity contribution in [3.05, 3.63) is 11.1 Å². The van der Waals surface area contributed by atoms with Crippen molar-refractivity contribution in [3.8, 4) is 0 Å². The first-order chi connectivity index (χ1) is 6.20. The summed E-state index contributed by atoms with van der Waals surface area (Å²) < 4.78 is 0. The largest absolute Gasteiger partial charge is 0.345 e. The van der Waals surface area contributed by atoms with Gasteiger partial charge in [0.1, 0.15) is 0 Å². The lowest BCUT2D eigenvalue weighted by Crippen LogP contribution is -2.31. The van der Waals surface area contributed by atoms with Crippen molar-refractivity contribution in [2.75, 3.05) is 20.1 Å².